The number of hydrogen-bond donors (Lipinski definition) is 0. The monoisotopic (exact) mass is 643 g/mol. The van der Waals surface area contributed by atoms with Gasteiger partial charge in [-0.3, -0.25) is 4.98 Å². The van der Waals surface area contributed by atoms with Crippen LogP contribution in [0.5, 0.6) is 0 Å². The highest BCUT2D eigenvalue weighted by Gasteiger charge is 2.37. The van der Waals surface area contributed by atoms with Crippen LogP contribution in [0.25, 0.3) is 11.3 Å². The minimum absolute atomic E-state index is 0.0712. The Bertz CT molecular complexity index is 1370. The van der Waals surface area contributed by atoms with Crippen molar-refractivity contribution in [3.05, 3.63) is 29.3 Å². The average molecular weight is 645 g/mol. The fourth-order valence-electron chi connectivity index (χ4n) is 2.99. The van der Waals surface area contributed by atoms with E-state index in [1.165, 1.54) is 18.5 Å². The zero-order chi connectivity index (χ0) is 30.8. The van der Waals surface area contributed by atoms with Crippen LogP contribution in [-0.4, -0.2) is 64.7 Å². The van der Waals surface area contributed by atoms with Crippen LogP contribution in [0.15, 0.2) is 29.3 Å². The maximum absolute atomic E-state index is 13.2. The van der Waals surface area contributed by atoms with E-state index in [4.69, 9.17) is 14.2 Å². The van der Waals surface area contributed by atoms with Crippen LogP contribution < -0.4 is 9.21 Å². The van der Waals surface area contributed by atoms with E-state index in [1.54, 1.807) is 62.3 Å². The van der Waals surface area contributed by atoms with Gasteiger partial charge in [-0.1, -0.05) is 0 Å². The van der Waals surface area contributed by atoms with E-state index in [0.29, 0.717) is 9.21 Å². The van der Waals surface area contributed by atoms with Gasteiger partial charge in [-0.2, -0.15) is 9.21 Å². The van der Waals surface area contributed by atoms with Crippen LogP contribution >= 0.6 is 15.9 Å². The SMILES string of the molecule is CC(C)(C)OC(=O)N(C(=O)OC(C)(C)C)c1ncc(Br)nc1-c1cncc(N(C(=O)OC(C)(C)C)S(C)(=O)=O)c1. The number of rotatable bonds is 4. The highest BCUT2D eigenvalue weighted by atomic mass is 79.9. The maximum Gasteiger partial charge on any atom is 0.428 e. The summed E-state index contributed by atoms with van der Waals surface area (Å²) >= 11 is 3.22. The number of carbonyl (C=O) groups is 3. The van der Waals surface area contributed by atoms with Crippen LogP contribution in [-0.2, 0) is 24.2 Å². The molecule has 0 N–H and O–H groups in total. The van der Waals surface area contributed by atoms with Crippen LogP contribution in [0, 0.1) is 0 Å². The molecule has 0 saturated heterocycles. The first-order valence-corrected chi connectivity index (χ1v) is 14.6. The molecule has 0 fully saturated rings. The van der Waals surface area contributed by atoms with E-state index < -0.39 is 45.1 Å². The van der Waals surface area contributed by atoms with Crippen molar-refractivity contribution in [2.45, 2.75) is 79.1 Å². The van der Waals surface area contributed by atoms with Gasteiger partial charge in [0.25, 0.3) is 0 Å². The van der Waals surface area contributed by atoms with Gasteiger partial charge < -0.3 is 14.2 Å². The first kappa shape index (κ1) is 32.9. The fourth-order valence-corrected chi connectivity index (χ4v) is 4.06. The predicted octanol–water partition coefficient (Wildman–Crippen LogP) is 5.68. The lowest BCUT2D eigenvalue weighted by atomic mass is 10.1. The largest absolute Gasteiger partial charge is 0.443 e. The molecule has 2 aromatic rings. The molecule has 220 valence electrons. The van der Waals surface area contributed by atoms with Crippen molar-refractivity contribution in [3.8, 4) is 11.3 Å². The minimum atomic E-state index is -4.18. The van der Waals surface area contributed by atoms with Crippen molar-refractivity contribution in [1.82, 2.24) is 15.0 Å². The summed E-state index contributed by atoms with van der Waals surface area (Å²) in [5, 5.41) is 0. The Balaban J connectivity index is 2.77. The molecule has 0 spiro atoms. The fraction of sp³-hybridized carbons (Fsp3) is 0.520. The van der Waals surface area contributed by atoms with Crippen molar-refractivity contribution >= 4 is 55.7 Å². The first-order chi connectivity index (χ1) is 18.0. The minimum Gasteiger partial charge on any atom is -0.443 e. The van der Waals surface area contributed by atoms with Gasteiger partial charge in [-0.05, 0) is 84.3 Å². The van der Waals surface area contributed by atoms with Gasteiger partial charge in [-0.25, -0.2) is 32.8 Å². The molecule has 0 aliphatic rings. The molecule has 2 heterocycles. The van der Waals surface area contributed by atoms with Crippen molar-refractivity contribution in [3.63, 3.8) is 0 Å². The van der Waals surface area contributed by atoms with Crippen molar-refractivity contribution in [2.24, 2.45) is 0 Å². The lowest BCUT2D eigenvalue weighted by molar-refractivity contribution is 0.0427. The van der Waals surface area contributed by atoms with E-state index >= 15 is 0 Å². The number of pyridine rings is 1. The van der Waals surface area contributed by atoms with E-state index in [2.05, 4.69) is 30.9 Å². The Morgan fingerprint density at radius 3 is 1.73 bits per heavy atom. The number of halogens is 1. The summed E-state index contributed by atoms with van der Waals surface area (Å²) in [7, 11) is -4.18. The number of aromatic nitrogens is 3. The zero-order valence-corrected chi connectivity index (χ0v) is 26.5. The molecule has 0 bridgehead atoms. The van der Waals surface area contributed by atoms with E-state index in [1.807, 2.05) is 0 Å². The lowest BCUT2D eigenvalue weighted by Gasteiger charge is -2.28. The van der Waals surface area contributed by atoms with Gasteiger partial charge >= 0.3 is 18.3 Å². The summed E-state index contributed by atoms with van der Waals surface area (Å²) in [4.78, 5) is 52.6. The second kappa shape index (κ2) is 11.6. The molecule has 0 aromatic carbocycles. The number of imide groups is 1. The summed E-state index contributed by atoms with van der Waals surface area (Å²) < 4.78 is 42.0. The van der Waals surface area contributed by atoms with Gasteiger partial charge in [0.05, 0.1) is 24.3 Å². The predicted molar refractivity (Wildman–Crippen MR) is 151 cm³/mol. The van der Waals surface area contributed by atoms with E-state index in [9.17, 15) is 22.8 Å². The molecule has 0 saturated carbocycles. The maximum atomic E-state index is 13.2. The second-order valence-corrected chi connectivity index (χ2v) is 14.2. The van der Waals surface area contributed by atoms with Crippen LogP contribution in [0.3, 0.4) is 0 Å². The van der Waals surface area contributed by atoms with E-state index in [-0.39, 0.29) is 27.4 Å². The third-order valence-corrected chi connectivity index (χ3v) is 5.62. The molecular formula is C25H34BrN5O8S. The quantitative estimate of drug-likeness (QED) is 0.377. The van der Waals surface area contributed by atoms with Gasteiger partial charge in [0, 0.05) is 11.8 Å². The molecular weight excluding hydrogens is 610 g/mol. The van der Waals surface area contributed by atoms with Crippen molar-refractivity contribution < 1.29 is 37.0 Å². The number of anilines is 2. The highest BCUT2D eigenvalue weighted by Crippen LogP contribution is 2.33. The Labute approximate surface area is 242 Å². The van der Waals surface area contributed by atoms with Gasteiger partial charge in [0.15, 0.2) is 5.82 Å². The number of amides is 3. The number of carbonyl (C=O) groups excluding carboxylic acids is 3. The smallest absolute Gasteiger partial charge is 0.428 e. The topological polar surface area (TPSA) is 158 Å². The molecule has 2 aromatic heterocycles. The standard InChI is InChI=1S/C25H34BrN5O8S/c1-23(2,3)37-20(32)30(21(33)38-24(4,5)6)19-18(29-17(26)14-28-19)15-11-16(13-27-12-15)31(40(10,35)36)22(34)39-25(7,8)9/h11-14H,1-10H3. The van der Waals surface area contributed by atoms with Gasteiger partial charge in [-0.15, -0.1) is 0 Å². The van der Waals surface area contributed by atoms with Gasteiger partial charge in [0.2, 0.25) is 10.0 Å². The van der Waals surface area contributed by atoms with Crippen molar-refractivity contribution in [1.29, 1.82) is 0 Å². The number of hydrogen-bond acceptors (Lipinski definition) is 11. The average Bonchev–Trinajstić information content (AvgIpc) is 2.70. The Morgan fingerprint density at radius 1 is 0.800 bits per heavy atom. The molecule has 0 atom stereocenters. The number of ether oxygens (including phenoxy) is 3. The zero-order valence-electron chi connectivity index (χ0n) is 24.1. The van der Waals surface area contributed by atoms with Gasteiger partial charge in [0.1, 0.15) is 27.1 Å². The number of sulfonamides is 1. The molecule has 2 rings (SSSR count). The Morgan fingerprint density at radius 2 is 1.27 bits per heavy atom. The molecule has 0 unspecified atom stereocenters. The summed E-state index contributed by atoms with van der Waals surface area (Å²) in [6.07, 6.45) is 1.19. The molecule has 40 heavy (non-hydrogen) atoms. The third-order valence-electron chi connectivity index (χ3n) is 4.21. The molecule has 0 aliphatic carbocycles. The lowest BCUT2D eigenvalue weighted by Crippen LogP contribution is -2.44. The highest BCUT2D eigenvalue weighted by molar-refractivity contribution is 9.10. The Hall–Kier alpha value is -3.33. The van der Waals surface area contributed by atoms with Crippen LogP contribution in [0.2, 0.25) is 0 Å². The summed E-state index contributed by atoms with van der Waals surface area (Å²) in [6.45, 7) is 14.5. The summed E-state index contributed by atoms with van der Waals surface area (Å²) in [6, 6.07) is 1.28. The van der Waals surface area contributed by atoms with Crippen LogP contribution in [0.4, 0.5) is 25.9 Å². The molecule has 15 heteroatoms. The van der Waals surface area contributed by atoms with E-state index in [0.717, 1.165) is 12.5 Å². The Kier molecular flexibility index (Phi) is 9.57. The third kappa shape index (κ3) is 9.40. The molecule has 0 radical (unpaired) electrons. The number of nitrogens with zero attached hydrogens (tertiary/aromatic N) is 5. The normalized spacial score (nSPS) is 12.4. The molecule has 3 amide bonds. The van der Waals surface area contributed by atoms with Crippen molar-refractivity contribution in [2.75, 3.05) is 15.5 Å². The van der Waals surface area contributed by atoms with Crippen LogP contribution in [0.1, 0.15) is 62.3 Å². The first-order valence-electron chi connectivity index (χ1n) is 12.0. The summed E-state index contributed by atoms with van der Waals surface area (Å²) in [5.41, 5.74) is -3.09. The molecule has 13 nitrogen and oxygen atoms in total. The molecule has 0 aliphatic heterocycles. The second-order valence-electron chi connectivity index (χ2n) is 11.6. The summed E-state index contributed by atoms with van der Waals surface area (Å²) in [5.74, 6) is -0.283.